The van der Waals surface area contributed by atoms with Gasteiger partial charge < -0.3 is 24.1 Å². The maximum atomic E-state index is 13.1. The minimum Gasteiger partial charge on any atom is -0.494 e. The minimum atomic E-state index is -0.893. The quantitative estimate of drug-likeness (QED) is 0.439. The first-order chi connectivity index (χ1) is 19.0. The number of pyridine rings is 1. The molecule has 1 saturated heterocycles. The van der Waals surface area contributed by atoms with Crippen LogP contribution in [0.1, 0.15) is 23.2 Å². The van der Waals surface area contributed by atoms with Crippen molar-refractivity contribution in [2.24, 2.45) is 11.8 Å². The van der Waals surface area contributed by atoms with E-state index in [1.54, 1.807) is 66.9 Å². The number of piperidine rings is 1. The van der Waals surface area contributed by atoms with Crippen molar-refractivity contribution < 1.29 is 23.8 Å². The number of anilines is 2. The van der Waals surface area contributed by atoms with Crippen LogP contribution in [-0.4, -0.2) is 53.7 Å². The molecule has 1 atom stereocenters. The molecule has 1 unspecified atom stereocenters. The van der Waals surface area contributed by atoms with E-state index >= 15 is 0 Å². The van der Waals surface area contributed by atoms with Crippen LogP contribution in [0.5, 0.6) is 0 Å². The first-order valence-electron chi connectivity index (χ1n) is 12.9. The Morgan fingerprint density at radius 2 is 2.00 bits per heavy atom. The van der Waals surface area contributed by atoms with Crippen LogP contribution in [0, 0.1) is 11.8 Å². The van der Waals surface area contributed by atoms with Crippen LogP contribution in [0.15, 0.2) is 95.7 Å². The van der Waals surface area contributed by atoms with Gasteiger partial charge in [0.1, 0.15) is 11.6 Å². The summed E-state index contributed by atoms with van der Waals surface area (Å²) in [5, 5.41) is 9.29. The Morgan fingerprint density at radius 1 is 1.15 bits per heavy atom. The highest BCUT2D eigenvalue weighted by Gasteiger charge is 2.22. The molecular weight excluding hydrogens is 496 g/mol. The number of oxazole rings is 1. The van der Waals surface area contributed by atoms with Gasteiger partial charge in [-0.1, -0.05) is 30.4 Å². The fraction of sp³-hybridized carbons (Fsp3) is 0.267. The number of carbonyl (C=O) groups excluding carboxylic acids is 1. The Bertz CT molecular complexity index is 1390. The van der Waals surface area contributed by atoms with Gasteiger partial charge in [0.25, 0.3) is 5.91 Å². The van der Waals surface area contributed by atoms with E-state index in [1.165, 1.54) is 6.39 Å². The largest absolute Gasteiger partial charge is 0.494 e. The summed E-state index contributed by atoms with van der Waals surface area (Å²) < 4.78 is 11.3. The van der Waals surface area contributed by atoms with E-state index in [4.69, 9.17) is 9.15 Å². The smallest absolute Gasteiger partial charge is 0.314 e. The van der Waals surface area contributed by atoms with Crippen LogP contribution in [0.2, 0.25) is 0 Å². The number of rotatable bonds is 8. The first kappa shape index (κ1) is 26.0. The molecule has 1 aromatic carbocycles. The third kappa shape index (κ3) is 6.26. The van der Waals surface area contributed by atoms with Gasteiger partial charge in [0.2, 0.25) is 0 Å². The summed E-state index contributed by atoms with van der Waals surface area (Å²) in [6.45, 7) is 2.24. The molecule has 0 spiro atoms. The topological polar surface area (TPSA) is 109 Å². The van der Waals surface area contributed by atoms with Crippen LogP contribution < -0.4 is 9.80 Å². The van der Waals surface area contributed by atoms with Gasteiger partial charge in [0, 0.05) is 31.3 Å². The number of nitrogens with zero attached hydrogens (tertiary/aromatic N) is 4. The lowest BCUT2D eigenvalue weighted by molar-refractivity contribution is -0.138. The number of allylic oxidation sites excluding steroid dienone is 3. The summed E-state index contributed by atoms with van der Waals surface area (Å²) in [5.41, 5.74) is 2.04. The van der Waals surface area contributed by atoms with Gasteiger partial charge in [-0.15, -0.1) is 0 Å². The summed E-state index contributed by atoms with van der Waals surface area (Å²) in [7, 11) is 1.74. The molecule has 1 N–H and O–H groups in total. The van der Waals surface area contributed by atoms with Gasteiger partial charge in [-0.25, -0.2) is 9.97 Å². The molecule has 200 valence electrons. The molecule has 0 saturated carbocycles. The Kier molecular flexibility index (Phi) is 7.86. The van der Waals surface area contributed by atoms with Crippen molar-refractivity contribution in [3.63, 3.8) is 0 Å². The van der Waals surface area contributed by atoms with Gasteiger partial charge >= 0.3 is 5.97 Å². The fourth-order valence-electron chi connectivity index (χ4n) is 4.65. The number of amides is 1. The maximum Gasteiger partial charge on any atom is 0.314 e. The molecule has 1 aliphatic heterocycles. The maximum absolute atomic E-state index is 13.1. The highest BCUT2D eigenvalue weighted by Crippen LogP contribution is 2.26. The van der Waals surface area contributed by atoms with E-state index in [9.17, 15) is 14.7 Å². The minimum absolute atomic E-state index is 0.143. The Hall–Kier alpha value is -4.66. The van der Waals surface area contributed by atoms with Crippen LogP contribution >= 0.6 is 0 Å². The third-order valence-corrected chi connectivity index (χ3v) is 6.99. The van der Waals surface area contributed by atoms with Crippen LogP contribution in [-0.2, 0) is 9.53 Å². The van der Waals surface area contributed by atoms with E-state index in [-0.39, 0.29) is 5.91 Å². The summed E-state index contributed by atoms with van der Waals surface area (Å²) in [6, 6.07) is 11.1. The van der Waals surface area contributed by atoms with Crippen molar-refractivity contribution in [1.82, 2.24) is 9.97 Å². The molecule has 0 radical (unpaired) electrons. The summed E-state index contributed by atoms with van der Waals surface area (Å²) >= 11 is 0. The molecule has 2 aromatic heterocycles. The van der Waals surface area contributed by atoms with Gasteiger partial charge in [-0.3, -0.25) is 9.59 Å². The molecule has 5 rings (SSSR count). The first-order valence-corrected chi connectivity index (χ1v) is 12.9. The van der Waals surface area contributed by atoms with E-state index in [0.29, 0.717) is 35.3 Å². The lowest BCUT2D eigenvalue weighted by Gasteiger charge is -2.33. The van der Waals surface area contributed by atoms with Crippen molar-refractivity contribution in [3.05, 3.63) is 96.9 Å². The average molecular weight is 527 g/mol. The number of benzene rings is 1. The normalized spacial score (nSPS) is 17.4. The van der Waals surface area contributed by atoms with Crippen molar-refractivity contribution in [2.75, 3.05) is 36.5 Å². The number of hydrogen-bond acceptors (Lipinski definition) is 7. The Balaban J connectivity index is 1.14. The Labute approximate surface area is 226 Å². The lowest BCUT2D eigenvalue weighted by atomic mass is 9.98. The molecule has 1 aliphatic carbocycles. The zero-order valence-electron chi connectivity index (χ0n) is 21.6. The van der Waals surface area contributed by atoms with Crippen molar-refractivity contribution in [1.29, 1.82) is 0 Å². The molecule has 39 heavy (non-hydrogen) atoms. The number of aromatic nitrogens is 2. The molecule has 9 heteroatoms. The zero-order chi connectivity index (χ0) is 27.2. The van der Waals surface area contributed by atoms with Crippen molar-refractivity contribution in [2.45, 2.75) is 12.8 Å². The second-order valence-electron chi connectivity index (χ2n) is 9.60. The highest BCUT2D eigenvalue weighted by atomic mass is 16.5. The fourth-order valence-corrected chi connectivity index (χ4v) is 4.65. The third-order valence-electron chi connectivity index (χ3n) is 6.99. The summed E-state index contributed by atoms with van der Waals surface area (Å²) in [4.78, 5) is 36.8. The SMILES string of the molecule is CN(C(=O)c1cccc(-c2cnco2)c1)c1ccc(N2CCC(COC3=CC(C(=O)O)C=CC=C3)CC2)nc1. The number of ether oxygens (including phenoxy) is 1. The van der Waals surface area contributed by atoms with E-state index in [0.717, 1.165) is 37.3 Å². The number of carboxylic acids is 1. The Morgan fingerprint density at radius 3 is 2.72 bits per heavy atom. The number of aliphatic carboxylic acids is 1. The van der Waals surface area contributed by atoms with Crippen molar-refractivity contribution >= 4 is 23.4 Å². The number of carbonyl (C=O) groups is 2. The van der Waals surface area contributed by atoms with E-state index in [2.05, 4.69) is 14.9 Å². The average Bonchev–Trinajstić information content (AvgIpc) is 3.41. The second kappa shape index (κ2) is 11.8. The predicted molar refractivity (Wildman–Crippen MR) is 147 cm³/mol. The van der Waals surface area contributed by atoms with Gasteiger partial charge in [0.05, 0.1) is 30.6 Å². The zero-order valence-corrected chi connectivity index (χ0v) is 21.6. The van der Waals surface area contributed by atoms with Gasteiger partial charge in [-0.05, 0) is 55.2 Å². The molecule has 9 nitrogen and oxygen atoms in total. The molecule has 2 aliphatic rings. The summed E-state index contributed by atoms with van der Waals surface area (Å²) in [6.07, 6.45) is 15.2. The van der Waals surface area contributed by atoms with Crippen LogP contribution in [0.4, 0.5) is 11.5 Å². The number of hydrogen-bond donors (Lipinski definition) is 1. The van der Waals surface area contributed by atoms with Crippen LogP contribution in [0.25, 0.3) is 11.3 Å². The standard InChI is InChI=1S/C30H30N4O5/c1-33(29(35)23-7-4-6-22(15-23)27-18-31-20-39-27)25-9-10-28(32-17-25)34-13-11-21(12-14-34)19-38-26-8-3-2-5-24(16-26)30(36)37/h2-10,15-18,20-21,24H,11-14,19H2,1H3,(H,36,37). The predicted octanol–water partition coefficient (Wildman–Crippen LogP) is 4.96. The number of carboxylic acid groups (broad SMARTS) is 1. The van der Waals surface area contributed by atoms with E-state index in [1.807, 2.05) is 24.3 Å². The molecule has 1 amide bonds. The van der Waals surface area contributed by atoms with Gasteiger partial charge in [0.15, 0.2) is 12.2 Å². The molecular formula is C30H30N4O5. The molecule has 1 fully saturated rings. The molecule has 3 heterocycles. The van der Waals surface area contributed by atoms with E-state index < -0.39 is 11.9 Å². The highest BCUT2D eigenvalue weighted by molar-refractivity contribution is 6.06. The molecule has 0 bridgehead atoms. The summed E-state index contributed by atoms with van der Waals surface area (Å²) in [5.74, 6) is 0.740. The van der Waals surface area contributed by atoms with Crippen molar-refractivity contribution in [3.8, 4) is 11.3 Å². The van der Waals surface area contributed by atoms with Crippen LogP contribution in [0.3, 0.4) is 0 Å². The lowest BCUT2D eigenvalue weighted by Crippen LogP contribution is -2.35. The molecule has 3 aromatic rings. The monoisotopic (exact) mass is 526 g/mol. The second-order valence-corrected chi connectivity index (χ2v) is 9.60. The van der Waals surface area contributed by atoms with Gasteiger partial charge in [-0.2, -0.15) is 0 Å².